The molecule has 0 amide bonds. The third-order valence-corrected chi connectivity index (χ3v) is 4.82. The largest absolute Gasteiger partial charge is 0.470 e. The fraction of sp³-hybridized carbons (Fsp3) is 0.933. The molecule has 1 atom stereocenters. The lowest BCUT2D eigenvalue weighted by Crippen LogP contribution is -2.47. The van der Waals surface area contributed by atoms with Gasteiger partial charge in [0.2, 0.25) is 5.90 Å². The molecule has 0 saturated carbocycles. The smallest absolute Gasteiger partial charge is 0.232 e. The number of ether oxygens (including phenoxy) is 1. The van der Waals surface area contributed by atoms with Crippen LogP contribution in [0.15, 0.2) is 5.16 Å². The van der Waals surface area contributed by atoms with E-state index in [9.17, 15) is 0 Å². The molecular weight excluding hydrogens is 254 g/mol. The molecule has 2 fully saturated rings. The van der Waals surface area contributed by atoms with Crippen molar-refractivity contribution in [1.29, 1.82) is 0 Å². The molecule has 20 heavy (non-hydrogen) atoms. The number of hydrogen-bond acceptors (Lipinski definition) is 5. The maximum Gasteiger partial charge on any atom is 0.232 e. The second-order valence-corrected chi connectivity index (χ2v) is 6.60. The van der Waals surface area contributed by atoms with E-state index in [1.165, 1.54) is 32.4 Å². The predicted octanol–water partition coefficient (Wildman–Crippen LogP) is 1.59. The number of piperidine rings is 2. The second kappa shape index (κ2) is 6.31. The molecule has 3 aliphatic heterocycles. The van der Waals surface area contributed by atoms with Gasteiger partial charge >= 0.3 is 0 Å². The highest BCUT2D eigenvalue weighted by atomic mass is 16.7. The fourth-order valence-electron chi connectivity index (χ4n) is 3.36. The number of nitrogens with one attached hydrogen (secondary N) is 1. The van der Waals surface area contributed by atoms with Gasteiger partial charge in [-0.3, -0.25) is 4.90 Å². The van der Waals surface area contributed by atoms with E-state index in [2.05, 4.69) is 22.3 Å². The molecule has 0 bridgehead atoms. The Bertz CT molecular complexity index is 347. The summed E-state index contributed by atoms with van der Waals surface area (Å²) in [6, 6.07) is 0. The van der Waals surface area contributed by atoms with Crippen LogP contribution < -0.4 is 5.32 Å². The van der Waals surface area contributed by atoms with Gasteiger partial charge in [-0.1, -0.05) is 18.5 Å². The maximum atomic E-state index is 6.19. The molecule has 2 saturated heterocycles. The zero-order valence-electron chi connectivity index (χ0n) is 12.6. The third-order valence-electron chi connectivity index (χ3n) is 4.82. The highest BCUT2D eigenvalue weighted by Crippen LogP contribution is 2.32. The van der Waals surface area contributed by atoms with Crippen molar-refractivity contribution in [1.82, 2.24) is 10.2 Å². The predicted molar refractivity (Wildman–Crippen MR) is 78.8 cm³/mol. The average Bonchev–Trinajstić information content (AvgIpc) is 2.49. The van der Waals surface area contributed by atoms with Gasteiger partial charge in [0.25, 0.3) is 0 Å². The molecule has 3 rings (SSSR count). The molecule has 5 nitrogen and oxygen atoms in total. The van der Waals surface area contributed by atoms with Gasteiger partial charge in [0, 0.05) is 12.0 Å². The summed E-state index contributed by atoms with van der Waals surface area (Å²) in [5.41, 5.74) is 0.0474. The topological polar surface area (TPSA) is 46.1 Å². The van der Waals surface area contributed by atoms with Crippen molar-refractivity contribution in [2.75, 3.05) is 39.3 Å². The van der Waals surface area contributed by atoms with Gasteiger partial charge < -0.3 is 14.9 Å². The monoisotopic (exact) mass is 281 g/mol. The maximum absolute atomic E-state index is 6.19. The van der Waals surface area contributed by atoms with E-state index in [-0.39, 0.29) is 11.5 Å². The van der Waals surface area contributed by atoms with E-state index >= 15 is 0 Å². The molecule has 0 aromatic heterocycles. The molecule has 1 N–H and O–H groups in total. The normalized spacial score (nSPS) is 31.1. The van der Waals surface area contributed by atoms with Crippen LogP contribution in [0.1, 0.15) is 39.0 Å². The first kappa shape index (κ1) is 14.1. The lowest BCUT2D eigenvalue weighted by molar-refractivity contribution is -0.0227. The lowest BCUT2D eigenvalue weighted by atomic mass is 9.80. The molecule has 0 spiro atoms. The van der Waals surface area contributed by atoms with Crippen molar-refractivity contribution in [2.45, 2.75) is 45.1 Å². The molecule has 0 aromatic carbocycles. The summed E-state index contributed by atoms with van der Waals surface area (Å²) in [5.74, 6) is 0.826. The quantitative estimate of drug-likeness (QED) is 0.853. The number of rotatable bonds is 3. The van der Waals surface area contributed by atoms with Gasteiger partial charge in [-0.2, -0.15) is 0 Å². The summed E-state index contributed by atoms with van der Waals surface area (Å²) in [7, 11) is 0. The van der Waals surface area contributed by atoms with E-state index in [1.807, 2.05) is 0 Å². The number of oxime groups is 1. The van der Waals surface area contributed by atoms with Crippen molar-refractivity contribution in [3.63, 3.8) is 0 Å². The van der Waals surface area contributed by atoms with E-state index in [1.54, 1.807) is 0 Å². The first-order valence-electron chi connectivity index (χ1n) is 8.06. The van der Waals surface area contributed by atoms with Crippen LogP contribution in [0.2, 0.25) is 0 Å². The first-order chi connectivity index (χ1) is 9.76. The van der Waals surface area contributed by atoms with Crippen molar-refractivity contribution >= 4 is 5.90 Å². The van der Waals surface area contributed by atoms with E-state index < -0.39 is 0 Å². The van der Waals surface area contributed by atoms with Crippen LogP contribution in [0.3, 0.4) is 0 Å². The number of hydrogen-bond donors (Lipinski definition) is 1. The van der Waals surface area contributed by atoms with Crippen LogP contribution in [0.25, 0.3) is 0 Å². The third kappa shape index (κ3) is 3.26. The van der Waals surface area contributed by atoms with Gasteiger partial charge in [-0.15, -0.1) is 0 Å². The Morgan fingerprint density at radius 3 is 2.75 bits per heavy atom. The summed E-state index contributed by atoms with van der Waals surface area (Å²) >= 11 is 0. The van der Waals surface area contributed by atoms with Crippen LogP contribution in [-0.4, -0.2) is 56.2 Å². The van der Waals surface area contributed by atoms with E-state index in [4.69, 9.17) is 9.57 Å². The van der Waals surface area contributed by atoms with Gasteiger partial charge in [-0.25, -0.2) is 0 Å². The van der Waals surface area contributed by atoms with Crippen LogP contribution in [-0.2, 0) is 9.57 Å². The molecule has 0 aromatic rings. The molecule has 114 valence electrons. The summed E-state index contributed by atoms with van der Waals surface area (Å²) in [4.78, 5) is 7.98. The Morgan fingerprint density at radius 1 is 1.25 bits per heavy atom. The highest BCUT2D eigenvalue weighted by Gasteiger charge is 2.38. The van der Waals surface area contributed by atoms with Crippen molar-refractivity contribution < 1.29 is 9.57 Å². The average molecular weight is 281 g/mol. The molecule has 3 aliphatic rings. The minimum absolute atomic E-state index is 0.0474. The van der Waals surface area contributed by atoms with Gasteiger partial charge in [0.05, 0.1) is 0 Å². The molecule has 0 unspecified atom stereocenters. The van der Waals surface area contributed by atoms with Crippen LogP contribution in [0.4, 0.5) is 0 Å². The first-order valence-corrected chi connectivity index (χ1v) is 8.06. The summed E-state index contributed by atoms with van der Waals surface area (Å²) in [6.07, 6.45) is 6.30. The molecule has 0 aliphatic carbocycles. The van der Waals surface area contributed by atoms with Crippen LogP contribution in [0, 0.1) is 5.41 Å². The zero-order valence-corrected chi connectivity index (χ0v) is 12.6. The Balaban J connectivity index is 1.56. The SMILES string of the molecule is CC1(C2=NOC[C@H](CN3CCCCC3)O2)CCNCC1. The number of likely N-dealkylation sites (tertiary alicyclic amines) is 1. The Kier molecular flexibility index (Phi) is 4.46. The van der Waals surface area contributed by atoms with Crippen LogP contribution >= 0.6 is 0 Å². The minimum atomic E-state index is 0.0474. The van der Waals surface area contributed by atoms with Crippen molar-refractivity contribution in [2.24, 2.45) is 10.6 Å². The van der Waals surface area contributed by atoms with Crippen molar-refractivity contribution in [3.05, 3.63) is 0 Å². The summed E-state index contributed by atoms with van der Waals surface area (Å²) in [5, 5.41) is 7.61. The molecular formula is C15H27N3O2. The van der Waals surface area contributed by atoms with Gasteiger partial charge in [-0.05, 0) is 51.9 Å². The molecule has 3 heterocycles. The van der Waals surface area contributed by atoms with Gasteiger partial charge in [0.15, 0.2) is 6.61 Å². The second-order valence-electron chi connectivity index (χ2n) is 6.60. The lowest BCUT2D eigenvalue weighted by Gasteiger charge is -2.38. The summed E-state index contributed by atoms with van der Waals surface area (Å²) < 4.78 is 6.19. The number of nitrogens with zero attached hydrogens (tertiary/aromatic N) is 2. The fourth-order valence-corrected chi connectivity index (χ4v) is 3.36. The Labute approximate surface area is 121 Å². The van der Waals surface area contributed by atoms with E-state index in [0.717, 1.165) is 38.4 Å². The van der Waals surface area contributed by atoms with Crippen molar-refractivity contribution in [3.8, 4) is 0 Å². The van der Waals surface area contributed by atoms with Gasteiger partial charge in [0.1, 0.15) is 6.10 Å². The van der Waals surface area contributed by atoms with Crippen LogP contribution in [0.5, 0.6) is 0 Å². The zero-order chi connectivity index (χ0) is 13.8. The minimum Gasteiger partial charge on any atom is -0.470 e. The standard InChI is InChI=1S/C15H27N3O2/c1-15(5-7-16-8-6-15)14-17-19-12-13(20-14)11-18-9-3-2-4-10-18/h13,16H,2-12H2,1H3/t13-/m0/s1. The van der Waals surface area contributed by atoms with E-state index in [0.29, 0.717) is 6.61 Å². The Morgan fingerprint density at radius 2 is 2.00 bits per heavy atom. The highest BCUT2D eigenvalue weighted by molar-refractivity contribution is 5.82. The Hall–Kier alpha value is -0.810. The molecule has 0 radical (unpaired) electrons. The molecule has 5 heteroatoms. The summed E-state index contributed by atoms with van der Waals surface area (Å²) in [6.45, 7) is 8.30.